The van der Waals surface area contributed by atoms with E-state index in [1.807, 2.05) is 13.2 Å². The van der Waals surface area contributed by atoms with Crippen molar-refractivity contribution in [3.63, 3.8) is 0 Å². The van der Waals surface area contributed by atoms with Crippen molar-refractivity contribution in [3.8, 4) is 0 Å². The summed E-state index contributed by atoms with van der Waals surface area (Å²) in [6.45, 7) is 3.28. The van der Waals surface area contributed by atoms with Crippen LogP contribution in [0.25, 0.3) is 0 Å². The van der Waals surface area contributed by atoms with Crippen LogP contribution in [0.1, 0.15) is 33.1 Å². The summed E-state index contributed by atoms with van der Waals surface area (Å²) in [7, 11) is 0. The summed E-state index contributed by atoms with van der Waals surface area (Å²) in [6, 6.07) is -1.63. The Morgan fingerprint density at radius 3 is 2.40 bits per heavy atom. The number of carbonyl (C=O) groups excluding carboxylic acids is 2. The summed E-state index contributed by atoms with van der Waals surface area (Å²) < 4.78 is 0. The lowest BCUT2D eigenvalue weighted by molar-refractivity contribution is -0.147. The predicted octanol–water partition coefficient (Wildman–Crippen LogP) is 0.536. The van der Waals surface area contributed by atoms with Gasteiger partial charge in [0.05, 0.1) is 0 Å². The first-order chi connectivity index (χ1) is 9.26. The molecule has 0 aliphatic heterocycles. The molecule has 5 N–H and O–H groups in total. The average molecular weight is 305 g/mol. The molecule has 0 heterocycles. The van der Waals surface area contributed by atoms with E-state index >= 15 is 0 Å². The molecule has 2 unspecified atom stereocenters. The third kappa shape index (κ3) is 6.14. The Balaban J connectivity index is 4.86. The van der Waals surface area contributed by atoms with E-state index in [1.165, 1.54) is 18.7 Å². The highest BCUT2D eigenvalue weighted by atomic mass is 32.2. The van der Waals surface area contributed by atoms with Gasteiger partial charge in [-0.25, -0.2) is 9.59 Å². The molecule has 0 radical (unpaired) electrons. The van der Waals surface area contributed by atoms with Crippen LogP contribution in [0.2, 0.25) is 0 Å². The molecule has 0 saturated heterocycles. The molecule has 2 atom stereocenters. The van der Waals surface area contributed by atoms with Gasteiger partial charge in [0.15, 0.2) is 0 Å². The Bertz CT molecular complexity index is 365. The summed E-state index contributed by atoms with van der Waals surface area (Å²) in [6.07, 6.45) is 3.18. The fourth-order valence-electron chi connectivity index (χ4n) is 1.76. The Labute approximate surface area is 123 Å². The fourth-order valence-corrected chi connectivity index (χ4v) is 2.23. The van der Waals surface area contributed by atoms with Crippen molar-refractivity contribution in [3.05, 3.63) is 0 Å². The minimum absolute atomic E-state index is 0.305. The maximum atomic E-state index is 12.1. The minimum Gasteiger partial charge on any atom is -0.480 e. The minimum atomic E-state index is -1.34. The number of hydrogen-bond donors (Lipinski definition) is 4. The van der Waals surface area contributed by atoms with Crippen molar-refractivity contribution in [2.24, 2.45) is 5.73 Å². The van der Waals surface area contributed by atoms with Crippen LogP contribution in [-0.4, -0.2) is 46.6 Å². The normalized spacial score (nSPS) is 14.9. The van der Waals surface area contributed by atoms with Crippen molar-refractivity contribution in [2.45, 2.75) is 44.7 Å². The number of carbonyl (C=O) groups is 3. The van der Waals surface area contributed by atoms with E-state index in [9.17, 15) is 19.5 Å². The zero-order chi connectivity index (χ0) is 15.8. The highest BCUT2D eigenvalue weighted by molar-refractivity contribution is 7.98. The highest BCUT2D eigenvalue weighted by Gasteiger charge is 2.35. The Morgan fingerprint density at radius 1 is 1.40 bits per heavy atom. The molecule has 0 bridgehead atoms. The lowest BCUT2D eigenvalue weighted by atomic mass is 9.95. The number of carboxylic acid groups (broad SMARTS) is 1. The average Bonchev–Trinajstić information content (AvgIpc) is 2.33. The van der Waals surface area contributed by atoms with Gasteiger partial charge in [-0.1, -0.05) is 13.3 Å². The molecule has 0 aromatic rings. The molecule has 0 aliphatic carbocycles. The molecule has 0 fully saturated rings. The van der Waals surface area contributed by atoms with Gasteiger partial charge in [0.2, 0.25) is 5.91 Å². The van der Waals surface area contributed by atoms with E-state index < -0.39 is 29.5 Å². The number of amides is 3. The van der Waals surface area contributed by atoms with Crippen LogP contribution in [0.15, 0.2) is 0 Å². The third-order valence-electron chi connectivity index (χ3n) is 2.86. The van der Waals surface area contributed by atoms with E-state index in [-0.39, 0.29) is 0 Å². The molecule has 0 aromatic heterocycles. The number of rotatable bonds is 9. The summed E-state index contributed by atoms with van der Waals surface area (Å²) >= 11 is 1.52. The van der Waals surface area contributed by atoms with Gasteiger partial charge in [0.1, 0.15) is 11.6 Å². The van der Waals surface area contributed by atoms with Crippen LogP contribution in [0, 0.1) is 0 Å². The number of nitrogens with one attached hydrogen (secondary N) is 2. The smallest absolute Gasteiger partial charge is 0.329 e. The fraction of sp³-hybridized carbons (Fsp3) is 0.750. The molecule has 8 heteroatoms. The second-order valence-corrected chi connectivity index (χ2v) is 5.70. The number of carboxylic acids is 1. The van der Waals surface area contributed by atoms with Crippen molar-refractivity contribution < 1.29 is 19.5 Å². The van der Waals surface area contributed by atoms with E-state index in [0.29, 0.717) is 25.0 Å². The molecular formula is C12H23N3O4S. The zero-order valence-corrected chi connectivity index (χ0v) is 12.9. The second-order valence-electron chi connectivity index (χ2n) is 4.72. The molecular weight excluding hydrogens is 282 g/mol. The Morgan fingerprint density at radius 2 is 2.00 bits per heavy atom. The molecule has 3 amide bonds. The van der Waals surface area contributed by atoms with E-state index in [2.05, 4.69) is 10.6 Å². The summed E-state index contributed by atoms with van der Waals surface area (Å²) in [5, 5.41) is 14.1. The van der Waals surface area contributed by atoms with E-state index in [1.54, 1.807) is 0 Å². The second kappa shape index (κ2) is 8.68. The first kappa shape index (κ1) is 18.6. The van der Waals surface area contributed by atoms with Crippen molar-refractivity contribution >= 4 is 29.7 Å². The molecule has 0 aromatic carbocycles. The van der Waals surface area contributed by atoms with Crippen LogP contribution in [0.5, 0.6) is 0 Å². The maximum Gasteiger partial charge on any atom is 0.329 e. The van der Waals surface area contributed by atoms with Gasteiger partial charge in [-0.15, -0.1) is 0 Å². The van der Waals surface area contributed by atoms with Crippen LogP contribution in [-0.2, 0) is 9.59 Å². The standard InChI is InChI=1S/C12H23N3O4S/c1-4-6-12(2,10(17)18)15-9(16)8(5-7-20-3)14-11(13)19/h8H,4-7H2,1-3H3,(H,15,16)(H,17,18)(H3,13,14,19). The zero-order valence-electron chi connectivity index (χ0n) is 12.1. The number of hydrogen-bond acceptors (Lipinski definition) is 4. The molecule has 7 nitrogen and oxygen atoms in total. The highest BCUT2D eigenvalue weighted by Crippen LogP contribution is 2.13. The number of nitrogens with two attached hydrogens (primary N) is 1. The summed E-state index contributed by atoms with van der Waals surface area (Å²) in [5.41, 5.74) is 3.69. The van der Waals surface area contributed by atoms with E-state index in [0.717, 1.165) is 0 Å². The first-order valence-electron chi connectivity index (χ1n) is 6.37. The van der Waals surface area contributed by atoms with Gasteiger partial charge in [0, 0.05) is 0 Å². The van der Waals surface area contributed by atoms with Crippen molar-refractivity contribution in [2.75, 3.05) is 12.0 Å². The molecule has 0 rings (SSSR count). The molecule has 0 spiro atoms. The predicted molar refractivity (Wildman–Crippen MR) is 78.6 cm³/mol. The van der Waals surface area contributed by atoms with Gasteiger partial charge < -0.3 is 21.5 Å². The van der Waals surface area contributed by atoms with Crippen LogP contribution in [0.4, 0.5) is 4.79 Å². The van der Waals surface area contributed by atoms with E-state index in [4.69, 9.17) is 5.73 Å². The number of urea groups is 1. The molecule has 116 valence electrons. The van der Waals surface area contributed by atoms with Gasteiger partial charge in [-0.3, -0.25) is 4.79 Å². The van der Waals surface area contributed by atoms with Gasteiger partial charge in [0.25, 0.3) is 0 Å². The Kier molecular flexibility index (Phi) is 8.05. The van der Waals surface area contributed by atoms with Crippen LogP contribution < -0.4 is 16.4 Å². The first-order valence-corrected chi connectivity index (χ1v) is 7.76. The third-order valence-corrected chi connectivity index (χ3v) is 3.51. The lowest BCUT2D eigenvalue weighted by Crippen LogP contribution is -2.58. The number of aliphatic carboxylic acids is 1. The Hall–Kier alpha value is -1.44. The van der Waals surface area contributed by atoms with Gasteiger partial charge >= 0.3 is 12.0 Å². The van der Waals surface area contributed by atoms with Gasteiger partial charge in [-0.05, 0) is 31.8 Å². The lowest BCUT2D eigenvalue weighted by Gasteiger charge is -2.28. The molecule has 0 aliphatic rings. The molecule has 0 saturated carbocycles. The summed E-state index contributed by atoms with van der Waals surface area (Å²) in [5.74, 6) is -0.984. The van der Waals surface area contributed by atoms with Crippen molar-refractivity contribution in [1.29, 1.82) is 0 Å². The SMILES string of the molecule is CCCC(C)(NC(=O)C(CCSC)NC(N)=O)C(=O)O. The quantitative estimate of drug-likeness (QED) is 0.495. The summed E-state index contributed by atoms with van der Waals surface area (Å²) in [4.78, 5) is 34.3. The van der Waals surface area contributed by atoms with Crippen molar-refractivity contribution in [1.82, 2.24) is 10.6 Å². The van der Waals surface area contributed by atoms with Crippen LogP contribution in [0.3, 0.4) is 0 Å². The number of primary amides is 1. The van der Waals surface area contributed by atoms with Gasteiger partial charge in [-0.2, -0.15) is 11.8 Å². The largest absolute Gasteiger partial charge is 0.480 e. The monoisotopic (exact) mass is 305 g/mol. The van der Waals surface area contributed by atoms with Crippen LogP contribution >= 0.6 is 11.8 Å². The topological polar surface area (TPSA) is 122 Å². The molecule has 20 heavy (non-hydrogen) atoms. The maximum absolute atomic E-state index is 12.1. The number of thioether (sulfide) groups is 1.